The predicted molar refractivity (Wildman–Crippen MR) is 88.5 cm³/mol. The summed E-state index contributed by atoms with van der Waals surface area (Å²) in [5.41, 5.74) is 1.42. The maximum atomic E-state index is 13.7. The highest BCUT2D eigenvalue weighted by molar-refractivity contribution is 6.30. The minimum absolute atomic E-state index is 0.0746. The Morgan fingerprint density at radius 3 is 2.67 bits per heavy atom. The summed E-state index contributed by atoms with van der Waals surface area (Å²) < 4.78 is 24.4. The highest BCUT2D eigenvalue weighted by atomic mass is 35.5. The number of rotatable bonds is 5. The number of carbonyl (C=O) groups excluding carboxylic acids is 1. The molecule has 2 aromatic carbocycles. The highest BCUT2D eigenvalue weighted by Crippen LogP contribution is 2.20. The lowest BCUT2D eigenvalue weighted by molar-refractivity contribution is 0.137. The Bertz CT molecular complexity index is 736. The summed E-state index contributed by atoms with van der Waals surface area (Å²) in [6.07, 6.45) is -0.365. The largest absolute Gasteiger partial charge is 0.489 e. The van der Waals surface area contributed by atoms with Crippen LogP contribution in [0.5, 0.6) is 5.75 Å². The first-order valence-electron chi connectivity index (χ1n) is 7.62. The lowest BCUT2D eigenvalue weighted by Crippen LogP contribution is -2.24. The van der Waals surface area contributed by atoms with Gasteiger partial charge in [0.05, 0.1) is 6.54 Å². The molecule has 0 bridgehead atoms. The number of halogens is 2. The molecule has 0 aromatic heterocycles. The molecule has 1 heterocycles. The molecular weight excluding hydrogens is 333 g/mol. The van der Waals surface area contributed by atoms with Crippen LogP contribution in [0.2, 0.25) is 5.02 Å². The molecule has 0 spiro atoms. The standard InChI is InChI=1S/C18H17ClFNO3/c1-12-9-21(18(22)24-12)10-13-2-6-16(7-3-13)23-11-14-4-5-15(19)8-17(14)20/h2-8,12H,9-11H2,1H3. The van der Waals surface area contributed by atoms with Gasteiger partial charge < -0.3 is 14.4 Å². The van der Waals surface area contributed by atoms with Crippen molar-refractivity contribution in [3.05, 3.63) is 64.4 Å². The van der Waals surface area contributed by atoms with Crippen molar-refractivity contribution in [2.75, 3.05) is 6.54 Å². The summed E-state index contributed by atoms with van der Waals surface area (Å²) >= 11 is 5.72. The molecule has 126 valence electrons. The van der Waals surface area contributed by atoms with Gasteiger partial charge in [-0.3, -0.25) is 0 Å². The van der Waals surface area contributed by atoms with E-state index >= 15 is 0 Å². The fraction of sp³-hybridized carbons (Fsp3) is 0.278. The van der Waals surface area contributed by atoms with Crippen LogP contribution in [-0.4, -0.2) is 23.6 Å². The SMILES string of the molecule is CC1CN(Cc2ccc(OCc3ccc(Cl)cc3F)cc2)C(=O)O1. The summed E-state index contributed by atoms with van der Waals surface area (Å²) in [4.78, 5) is 13.3. The number of cyclic esters (lactones) is 1. The van der Waals surface area contributed by atoms with Gasteiger partial charge in [-0.25, -0.2) is 9.18 Å². The number of ether oxygens (including phenoxy) is 2. The van der Waals surface area contributed by atoms with Crippen LogP contribution in [0, 0.1) is 5.82 Å². The van der Waals surface area contributed by atoms with Gasteiger partial charge in [-0.05, 0) is 36.8 Å². The number of nitrogens with zero attached hydrogens (tertiary/aromatic N) is 1. The molecule has 24 heavy (non-hydrogen) atoms. The summed E-state index contributed by atoms with van der Waals surface area (Å²) in [5.74, 6) is 0.242. The van der Waals surface area contributed by atoms with Crippen molar-refractivity contribution in [1.29, 1.82) is 0 Å². The molecule has 0 saturated carbocycles. The van der Waals surface area contributed by atoms with E-state index in [1.54, 1.807) is 29.2 Å². The first-order valence-corrected chi connectivity index (χ1v) is 8.00. The second-order valence-corrected chi connectivity index (χ2v) is 6.18. The highest BCUT2D eigenvalue weighted by Gasteiger charge is 2.27. The summed E-state index contributed by atoms with van der Waals surface area (Å²) in [5, 5.41) is 0.357. The minimum Gasteiger partial charge on any atom is -0.489 e. The average molecular weight is 350 g/mol. The van der Waals surface area contributed by atoms with Crippen molar-refractivity contribution in [2.45, 2.75) is 26.2 Å². The Labute approximate surface area is 144 Å². The van der Waals surface area contributed by atoms with E-state index in [4.69, 9.17) is 21.1 Å². The zero-order valence-electron chi connectivity index (χ0n) is 13.2. The molecule has 1 atom stereocenters. The lowest BCUT2D eigenvalue weighted by atomic mass is 10.2. The van der Waals surface area contributed by atoms with Gasteiger partial charge in [0.2, 0.25) is 0 Å². The van der Waals surface area contributed by atoms with E-state index in [0.29, 0.717) is 29.4 Å². The van der Waals surface area contributed by atoms with Crippen LogP contribution in [0.1, 0.15) is 18.1 Å². The lowest BCUT2D eigenvalue weighted by Gasteiger charge is -2.13. The van der Waals surface area contributed by atoms with E-state index in [-0.39, 0.29) is 24.6 Å². The van der Waals surface area contributed by atoms with Gasteiger partial charge in [-0.2, -0.15) is 0 Å². The molecule has 0 aliphatic carbocycles. The minimum atomic E-state index is -0.388. The molecule has 1 unspecified atom stereocenters. The van der Waals surface area contributed by atoms with Crippen molar-refractivity contribution >= 4 is 17.7 Å². The molecule has 1 saturated heterocycles. The molecule has 1 aliphatic rings. The van der Waals surface area contributed by atoms with Gasteiger partial charge in [-0.1, -0.05) is 29.8 Å². The maximum absolute atomic E-state index is 13.7. The molecule has 1 amide bonds. The zero-order valence-corrected chi connectivity index (χ0v) is 13.9. The van der Waals surface area contributed by atoms with Crippen LogP contribution in [0.15, 0.2) is 42.5 Å². The zero-order chi connectivity index (χ0) is 17.1. The number of amides is 1. The first kappa shape index (κ1) is 16.6. The van der Waals surface area contributed by atoms with Crippen LogP contribution >= 0.6 is 11.6 Å². The second-order valence-electron chi connectivity index (χ2n) is 5.74. The van der Waals surface area contributed by atoms with Crippen molar-refractivity contribution in [3.8, 4) is 5.75 Å². The molecule has 0 radical (unpaired) electrons. The molecule has 3 rings (SSSR count). The Morgan fingerprint density at radius 1 is 1.29 bits per heavy atom. The molecule has 2 aromatic rings. The molecule has 4 nitrogen and oxygen atoms in total. The fourth-order valence-corrected chi connectivity index (χ4v) is 2.67. The van der Waals surface area contributed by atoms with Crippen LogP contribution in [0.3, 0.4) is 0 Å². The van der Waals surface area contributed by atoms with Gasteiger partial charge in [0, 0.05) is 17.1 Å². The van der Waals surface area contributed by atoms with Crippen molar-refractivity contribution in [1.82, 2.24) is 4.90 Å². The first-order chi connectivity index (χ1) is 11.5. The summed E-state index contributed by atoms with van der Waals surface area (Å²) in [6, 6.07) is 11.9. The third kappa shape index (κ3) is 3.97. The molecule has 0 N–H and O–H groups in total. The molecule has 6 heteroatoms. The number of benzene rings is 2. The fourth-order valence-electron chi connectivity index (χ4n) is 2.51. The van der Waals surface area contributed by atoms with E-state index in [0.717, 1.165) is 5.56 Å². The van der Waals surface area contributed by atoms with Crippen LogP contribution in [0.4, 0.5) is 9.18 Å². The van der Waals surface area contributed by atoms with E-state index in [9.17, 15) is 9.18 Å². The third-order valence-corrected chi connectivity index (χ3v) is 3.98. The maximum Gasteiger partial charge on any atom is 0.410 e. The number of carbonyl (C=O) groups is 1. The normalized spacial score (nSPS) is 17.0. The van der Waals surface area contributed by atoms with Crippen molar-refractivity contribution in [2.24, 2.45) is 0 Å². The van der Waals surface area contributed by atoms with E-state index in [2.05, 4.69) is 0 Å². The van der Waals surface area contributed by atoms with Gasteiger partial charge in [0.25, 0.3) is 0 Å². The summed E-state index contributed by atoms with van der Waals surface area (Å²) in [6.45, 7) is 3.07. The molecular formula is C18H17ClFNO3. The monoisotopic (exact) mass is 349 g/mol. The van der Waals surface area contributed by atoms with Gasteiger partial charge in [0.1, 0.15) is 24.3 Å². The van der Waals surface area contributed by atoms with Gasteiger partial charge >= 0.3 is 6.09 Å². The Hall–Kier alpha value is -2.27. The molecule has 1 fully saturated rings. The van der Waals surface area contributed by atoms with Crippen molar-refractivity contribution in [3.63, 3.8) is 0 Å². The van der Waals surface area contributed by atoms with E-state index in [1.165, 1.54) is 6.07 Å². The van der Waals surface area contributed by atoms with Gasteiger partial charge in [0.15, 0.2) is 0 Å². The summed E-state index contributed by atoms with van der Waals surface area (Å²) in [7, 11) is 0. The second kappa shape index (κ2) is 7.09. The Balaban J connectivity index is 1.57. The van der Waals surface area contributed by atoms with Crippen molar-refractivity contribution < 1.29 is 18.7 Å². The van der Waals surface area contributed by atoms with Crippen LogP contribution < -0.4 is 4.74 Å². The molecule has 1 aliphatic heterocycles. The Morgan fingerprint density at radius 2 is 2.04 bits per heavy atom. The average Bonchev–Trinajstić information content (AvgIpc) is 2.85. The third-order valence-electron chi connectivity index (χ3n) is 3.74. The number of hydrogen-bond donors (Lipinski definition) is 0. The Kier molecular flexibility index (Phi) is 4.90. The quantitative estimate of drug-likeness (QED) is 0.803. The number of hydrogen-bond acceptors (Lipinski definition) is 3. The van der Waals surface area contributed by atoms with Crippen LogP contribution in [-0.2, 0) is 17.9 Å². The van der Waals surface area contributed by atoms with Crippen LogP contribution in [0.25, 0.3) is 0 Å². The van der Waals surface area contributed by atoms with Gasteiger partial charge in [-0.15, -0.1) is 0 Å². The van der Waals surface area contributed by atoms with E-state index in [1.807, 2.05) is 19.1 Å². The smallest absolute Gasteiger partial charge is 0.410 e. The topological polar surface area (TPSA) is 38.8 Å². The predicted octanol–water partition coefficient (Wildman–Crippen LogP) is 4.40. The van der Waals surface area contributed by atoms with E-state index < -0.39 is 0 Å².